The van der Waals surface area contributed by atoms with E-state index in [9.17, 15) is 0 Å². The summed E-state index contributed by atoms with van der Waals surface area (Å²) in [4.78, 5) is 4.26. The van der Waals surface area contributed by atoms with Crippen molar-refractivity contribution >= 4 is 10.8 Å². The second-order valence-corrected chi connectivity index (χ2v) is 5.08. The van der Waals surface area contributed by atoms with Crippen LogP contribution in [0.1, 0.15) is 31.4 Å². The standard InChI is InChI=1S/C15H18N2/c1-11-5-8-17-15(9-11)13-4-2-3-12-6-7-16-10-14(12)13/h2-4,6-7,10-11,15,17H,5,8-9H2,1H3. The average molecular weight is 226 g/mol. The monoisotopic (exact) mass is 226 g/mol. The molecular weight excluding hydrogens is 208 g/mol. The first-order valence-corrected chi connectivity index (χ1v) is 6.40. The van der Waals surface area contributed by atoms with Crippen LogP contribution in [0.25, 0.3) is 10.8 Å². The zero-order valence-electron chi connectivity index (χ0n) is 10.2. The predicted molar refractivity (Wildman–Crippen MR) is 70.9 cm³/mol. The summed E-state index contributed by atoms with van der Waals surface area (Å²) in [6.45, 7) is 3.47. The zero-order valence-corrected chi connectivity index (χ0v) is 10.2. The summed E-state index contributed by atoms with van der Waals surface area (Å²) in [7, 11) is 0. The van der Waals surface area contributed by atoms with Crippen LogP contribution in [0.3, 0.4) is 0 Å². The lowest BCUT2D eigenvalue weighted by Gasteiger charge is -2.29. The Hall–Kier alpha value is -1.41. The van der Waals surface area contributed by atoms with E-state index in [2.05, 4.69) is 41.5 Å². The summed E-state index contributed by atoms with van der Waals surface area (Å²) in [6.07, 6.45) is 6.38. The van der Waals surface area contributed by atoms with Gasteiger partial charge < -0.3 is 5.32 Å². The van der Waals surface area contributed by atoms with Crippen LogP contribution in [0.4, 0.5) is 0 Å². The van der Waals surface area contributed by atoms with Crippen LogP contribution in [0.15, 0.2) is 36.7 Å². The molecule has 0 aliphatic carbocycles. The third-order valence-corrected chi connectivity index (χ3v) is 3.76. The fraction of sp³-hybridized carbons (Fsp3) is 0.400. The van der Waals surface area contributed by atoms with Gasteiger partial charge in [-0.25, -0.2) is 0 Å². The molecule has 0 bridgehead atoms. The van der Waals surface area contributed by atoms with E-state index in [1.165, 1.54) is 29.2 Å². The van der Waals surface area contributed by atoms with Crippen LogP contribution in [-0.4, -0.2) is 11.5 Å². The number of nitrogens with zero attached hydrogens (tertiary/aromatic N) is 1. The minimum atomic E-state index is 0.492. The summed E-state index contributed by atoms with van der Waals surface area (Å²) in [5.41, 5.74) is 1.40. The molecule has 2 unspecified atom stereocenters. The van der Waals surface area contributed by atoms with Crippen molar-refractivity contribution in [2.45, 2.75) is 25.8 Å². The maximum Gasteiger partial charge on any atom is 0.0349 e. The number of fused-ring (bicyclic) bond motifs is 1. The first-order valence-electron chi connectivity index (χ1n) is 6.40. The zero-order chi connectivity index (χ0) is 11.7. The van der Waals surface area contributed by atoms with Crippen molar-refractivity contribution in [2.75, 3.05) is 6.54 Å². The van der Waals surface area contributed by atoms with Gasteiger partial charge in [-0.15, -0.1) is 0 Å². The first-order chi connectivity index (χ1) is 8.34. The second kappa shape index (κ2) is 4.46. The highest BCUT2D eigenvalue weighted by atomic mass is 14.9. The van der Waals surface area contributed by atoms with Gasteiger partial charge in [-0.3, -0.25) is 4.98 Å². The molecule has 1 aliphatic rings. The van der Waals surface area contributed by atoms with Crippen LogP contribution < -0.4 is 5.32 Å². The van der Waals surface area contributed by atoms with Gasteiger partial charge in [-0.05, 0) is 42.3 Å². The fourth-order valence-corrected chi connectivity index (χ4v) is 2.79. The number of piperidine rings is 1. The average Bonchev–Trinajstić information content (AvgIpc) is 2.38. The van der Waals surface area contributed by atoms with E-state index >= 15 is 0 Å². The molecule has 0 saturated carbocycles. The van der Waals surface area contributed by atoms with Crippen molar-refractivity contribution in [3.63, 3.8) is 0 Å². The Bertz CT molecular complexity index is 516. The summed E-state index contributed by atoms with van der Waals surface area (Å²) >= 11 is 0. The minimum Gasteiger partial charge on any atom is -0.310 e. The minimum absolute atomic E-state index is 0.492. The van der Waals surface area contributed by atoms with Crippen molar-refractivity contribution in [1.29, 1.82) is 0 Å². The normalized spacial score (nSPS) is 25.0. The van der Waals surface area contributed by atoms with E-state index in [1.54, 1.807) is 0 Å². The van der Waals surface area contributed by atoms with Crippen LogP contribution in [0.5, 0.6) is 0 Å². The Morgan fingerprint density at radius 1 is 1.29 bits per heavy atom. The van der Waals surface area contributed by atoms with Gasteiger partial charge in [0.05, 0.1) is 0 Å². The topological polar surface area (TPSA) is 24.9 Å². The molecule has 2 heterocycles. The Labute approximate surface area is 102 Å². The molecular formula is C15H18N2. The molecule has 3 rings (SSSR count). The Morgan fingerprint density at radius 2 is 2.24 bits per heavy atom. The van der Waals surface area contributed by atoms with Crippen LogP contribution in [-0.2, 0) is 0 Å². The van der Waals surface area contributed by atoms with E-state index in [0.29, 0.717) is 6.04 Å². The van der Waals surface area contributed by atoms with Gasteiger partial charge in [0.1, 0.15) is 0 Å². The lowest BCUT2D eigenvalue weighted by atomic mass is 9.88. The summed E-state index contributed by atoms with van der Waals surface area (Å²) < 4.78 is 0. The number of hydrogen-bond donors (Lipinski definition) is 1. The van der Waals surface area contributed by atoms with Crippen LogP contribution in [0, 0.1) is 5.92 Å². The smallest absolute Gasteiger partial charge is 0.0349 e. The van der Waals surface area contributed by atoms with Crippen molar-refractivity contribution in [2.24, 2.45) is 5.92 Å². The lowest BCUT2D eigenvalue weighted by molar-refractivity contribution is 0.326. The fourth-order valence-electron chi connectivity index (χ4n) is 2.79. The predicted octanol–water partition coefficient (Wildman–Crippen LogP) is 3.30. The molecule has 2 heteroatoms. The second-order valence-electron chi connectivity index (χ2n) is 5.08. The molecule has 1 aromatic carbocycles. The molecule has 1 aliphatic heterocycles. The summed E-state index contributed by atoms with van der Waals surface area (Å²) in [6, 6.07) is 9.13. The van der Waals surface area contributed by atoms with E-state index in [-0.39, 0.29) is 0 Å². The van der Waals surface area contributed by atoms with Crippen LogP contribution >= 0.6 is 0 Å². The molecule has 0 radical (unpaired) electrons. The number of rotatable bonds is 1. The van der Waals surface area contributed by atoms with Crippen molar-refractivity contribution in [1.82, 2.24) is 10.3 Å². The number of nitrogens with one attached hydrogen (secondary N) is 1. The number of hydrogen-bond acceptors (Lipinski definition) is 2. The molecule has 2 nitrogen and oxygen atoms in total. The molecule has 17 heavy (non-hydrogen) atoms. The van der Waals surface area contributed by atoms with Crippen molar-refractivity contribution in [3.8, 4) is 0 Å². The lowest BCUT2D eigenvalue weighted by Crippen LogP contribution is -2.30. The molecule has 1 aromatic heterocycles. The largest absolute Gasteiger partial charge is 0.310 e. The van der Waals surface area contributed by atoms with Gasteiger partial charge in [0.15, 0.2) is 0 Å². The highest BCUT2D eigenvalue weighted by Gasteiger charge is 2.20. The Balaban J connectivity index is 2.04. The first kappa shape index (κ1) is 10.7. The van der Waals surface area contributed by atoms with Gasteiger partial charge in [0, 0.05) is 23.8 Å². The van der Waals surface area contributed by atoms with E-state index in [0.717, 1.165) is 12.5 Å². The van der Waals surface area contributed by atoms with Gasteiger partial charge in [0.2, 0.25) is 0 Å². The molecule has 0 spiro atoms. The van der Waals surface area contributed by atoms with Crippen LogP contribution in [0.2, 0.25) is 0 Å². The molecule has 2 aromatic rings. The van der Waals surface area contributed by atoms with Crippen molar-refractivity contribution < 1.29 is 0 Å². The third kappa shape index (κ3) is 2.05. The summed E-state index contributed by atoms with van der Waals surface area (Å²) in [5.74, 6) is 0.813. The van der Waals surface area contributed by atoms with E-state index in [4.69, 9.17) is 0 Å². The number of benzene rings is 1. The van der Waals surface area contributed by atoms with E-state index in [1.807, 2.05) is 12.4 Å². The van der Waals surface area contributed by atoms with Gasteiger partial charge in [0.25, 0.3) is 0 Å². The summed E-state index contributed by atoms with van der Waals surface area (Å²) in [5, 5.41) is 6.21. The molecule has 0 amide bonds. The number of aromatic nitrogens is 1. The molecule has 1 N–H and O–H groups in total. The molecule has 1 fully saturated rings. The molecule has 88 valence electrons. The quantitative estimate of drug-likeness (QED) is 0.807. The Kier molecular flexibility index (Phi) is 2.81. The highest BCUT2D eigenvalue weighted by molar-refractivity contribution is 5.85. The number of pyridine rings is 1. The maximum absolute atomic E-state index is 4.26. The molecule has 2 atom stereocenters. The third-order valence-electron chi connectivity index (χ3n) is 3.76. The van der Waals surface area contributed by atoms with Crippen molar-refractivity contribution in [3.05, 3.63) is 42.2 Å². The maximum atomic E-state index is 4.26. The van der Waals surface area contributed by atoms with Gasteiger partial charge >= 0.3 is 0 Å². The SMILES string of the molecule is CC1CCNC(c2cccc3ccncc23)C1. The van der Waals surface area contributed by atoms with Gasteiger partial charge in [-0.2, -0.15) is 0 Å². The van der Waals surface area contributed by atoms with E-state index < -0.39 is 0 Å². The Morgan fingerprint density at radius 3 is 3.12 bits per heavy atom. The van der Waals surface area contributed by atoms with Gasteiger partial charge in [-0.1, -0.05) is 25.1 Å². The molecule has 1 saturated heterocycles. The highest BCUT2D eigenvalue weighted by Crippen LogP contribution is 2.31.